The van der Waals surface area contributed by atoms with Gasteiger partial charge < -0.3 is 15.4 Å². The lowest BCUT2D eigenvalue weighted by molar-refractivity contribution is 0.0389. The second-order valence-electron chi connectivity index (χ2n) is 5.16. The van der Waals surface area contributed by atoms with Gasteiger partial charge in [-0.1, -0.05) is 0 Å². The molecular weight excluding hydrogens is 433 g/mol. The fourth-order valence-electron chi connectivity index (χ4n) is 2.03. The molecule has 1 aliphatic rings. The third-order valence-electron chi connectivity index (χ3n) is 3.14. The van der Waals surface area contributed by atoms with Crippen LogP contribution in [0.15, 0.2) is 4.99 Å². The molecule has 0 aromatic carbocycles. The summed E-state index contributed by atoms with van der Waals surface area (Å²) in [6, 6.07) is 0. The Balaban J connectivity index is 0.00000484. The summed E-state index contributed by atoms with van der Waals surface area (Å²) in [7, 11) is -3.11. The molecule has 0 bridgehead atoms. The predicted octanol–water partition coefficient (Wildman–Crippen LogP) is -0.569. The lowest BCUT2D eigenvalue weighted by Crippen LogP contribution is -2.44. The van der Waals surface area contributed by atoms with Crippen molar-refractivity contribution in [2.45, 2.75) is 13.3 Å². The molecule has 138 valence electrons. The van der Waals surface area contributed by atoms with Gasteiger partial charge >= 0.3 is 0 Å². The Morgan fingerprint density at radius 1 is 1.22 bits per heavy atom. The average Bonchev–Trinajstić information content (AvgIpc) is 2.47. The Kier molecular flexibility index (Phi) is 13.1. The van der Waals surface area contributed by atoms with Gasteiger partial charge in [0.2, 0.25) is 10.0 Å². The fourth-order valence-corrected chi connectivity index (χ4v) is 2.54. The Morgan fingerprint density at radius 3 is 2.52 bits per heavy atom. The molecule has 10 heteroatoms. The summed E-state index contributed by atoms with van der Waals surface area (Å²) >= 11 is 0. The highest BCUT2D eigenvalue weighted by Gasteiger charge is 2.09. The summed E-state index contributed by atoms with van der Waals surface area (Å²) in [5.41, 5.74) is 0. The maximum Gasteiger partial charge on any atom is 0.208 e. The van der Waals surface area contributed by atoms with E-state index in [-0.39, 0.29) is 24.0 Å². The van der Waals surface area contributed by atoms with Gasteiger partial charge in [-0.05, 0) is 13.3 Å². The molecule has 1 fully saturated rings. The van der Waals surface area contributed by atoms with Crippen LogP contribution >= 0.6 is 24.0 Å². The van der Waals surface area contributed by atoms with Crippen LogP contribution in [0, 0.1) is 0 Å². The van der Waals surface area contributed by atoms with Crippen LogP contribution in [0.5, 0.6) is 0 Å². The Bertz CT molecular complexity index is 427. The number of aliphatic imine (C=N–C) groups is 1. The van der Waals surface area contributed by atoms with E-state index in [0.717, 1.165) is 58.2 Å². The second-order valence-corrected chi connectivity index (χ2v) is 6.99. The van der Waals surface area contributed by atoms with Crippen molar-refractivity contribution in [1.29, 1.82) is 0 Å². The van der Waals surface area contributed by atoms with E-state index in [0.29, 0.717) is 19.5 Å². The number of rotatable bonds is 9. The maximum absolute atomic E-state index is 10.9. The van der Waals surface area contributed by atoms with Gasteiger partial charge in [-0.2, -0.15) is 0 Å². The Hall–Kier alpha value is -0.170. The van der Waals surface area contributed by atoms with Crippen LogP contribution < -0.4 is 15.4 Å². The molecule has 3 N–H and O–H groups in total. The van der Waals surface area contributed by atoms with Crippen molar-refractivity contribution in [3.8, 4) is 0 Å². The first-order valence-corrected chi connectivity index (χ1v) is 9.67. The Labute approximate surface area is 156 Å². The lowest BCUT2D eigenvalue weighted by atomic mass is 10.4. The number of halogens is 1. The summed E-state index contributed by atoms with van der Waals surface area (Å²) < 4.78 is 29.7. The molecule has 0 spiro atoms. The van der Waals surface area contributed by atoms with Crippen molar-refractivity contribution in [1.82, 2.24) is 20.3 Å². The molecule has 0 radical (unpaired) electrons. The lowest BCUT2D eigenvalue weighted by Gasteiger charge is -2.26. The minimum Gasteiger partial charge on any atom is -0.379 e. The van der Waals surface area contributed by atoms with Gasteiger partial charge in [-0.25, -0.2) is 13.1 Å². The zero-order chi connectivity index (χ0) is 16.3. The van der Waals surface area contributed by atoms with Crippen molar-refractivity contribution in [3.63, 3.8) is 0 Å². The third-order valence-corrected chi connectivity index (χ3v) is 3.87. The first kappa shape index (κ1) is 22.8. The SMILES string of the molecule is CCNC(=NCCCNS(C)(=O)=O)NCCN1CCOCC1.I. The summed E-state index contributed by atoms with van der Waals surface area (Å²) in [4.78, 5) is 6.79. The van der Waals surface area contributed by atoms with Gasteiger partial charge in [0.1, 0.15) is 0 Å². The molecule has 1 rings (SSSR count). The molecule has 0 atom stereocenters. The van der Waals surface area contributed by atoms with Crippen LogP contribution in [0.4, 0.5) is 0 Å². The zero-order valence-corrected chi connectivity index (χ0v) is 17.2. The quantitative estimate of drug-likeness (QED) is 0.184. The summed E-state index contributed by atoms with van der Waals surface area (Å²) in [6.45, 7) is 9.17. The van der Waals surface area contributed by atoms with Crippen molar-refractivity contribution in [3.05, 3.63) is 0 Å². The maximum atomic E-state index is 10.9. The standard InChI is InChI=1S/C13H29N5O3S.HI/c1-3-14-13(15-5-4-6-17-22(2,19)20)16-7-8-18-9-11-21-12-10-18;/h17H,3-12H2,1-2H3,(H2,14,15,16);1H. The molecule has 1 aliphatic heterocycles. The molecular formula is C13H30IN5O3S. The van der Waals surface area contributed by atoms with Gasteiger partial charge in [-0.3, -0.25) is 9.89 Å². The topological polar surface area (TPSA) is 95.1 Å². The number of sulfonamides is 1. The number of hydrogen-bond acceptors (Lipinski definition) is 5. The Morgan fingerprint density at radius 2 is 1.91 bits per heavy atom. The van der Waals surface area contributed by atoms with Gasteiger partial charge in [-0.15, -0.1) is 24.0 Å². The number of ether oxygens (including phenoxy) is 1. The highest BCUT2D eigenvalue weighted by Crippen LogP contribution is 1.94. The van der Waals surface area contributed by atoms with Crippen LogP contribution in [0.1, 0.15) is 13.3 Å². The third kappa shape index (κ3) is 12.9. The van der Waals surface area contributed by atoms with E-state index in [1.165, 1.54) is 0 Å². The number of nitrogens with one attached hydrogen (secondary N) is 3. The largest absolute Gasteiger partial charge is 0.379 e. The molecule has 0 aromatic heterocycles. The summed E-state index contributed by atoms with van der Waals surface area (Å²) in [5.74, 6) is 0.773. The van der Waals surface area contributed by atoms with Gasteiger partial charge in [0, 0.05) is 45.8 Å². The number of nitrogens with zero attached hydrogens (tertiary/aromatic N) is 2. The molecule has 8 nitrogen and oxygen atoms in total. The van der Waals surface area contributed by atoms with Crippen molar-refractivity contribution >= 4 is 40.0 Å². The van der Waals surface area contributed by atoms with Crippen LogP contribution in [-0.2, 0) is 14.8 Å². The molecule has 0 saturated carbocycles. The highest BCUT2D eigenvalue weighted by molar-refractivity contribution is 14.0. The summed E-state index contributed by atoms with van der Waals surface area (Å²) in [5, 5.41) is 6.48. The number of guanidine groups is 1. The van der Waals surface area contributed by atoms with Gasteiger partial charge in [0.15, 0.2) is 5.96 Å². The average molecular weight is 463 g/mol. The second kappa shape index (κ2) is 13.2. The van der Waals surface area contributed by atoms with Gasteiger partial charge in [0.25, 0.3) is 0 Å². The van der Waals surface area contributed by atoms with E-state index in [4.69, 9.17) is 4.74 Å². The normalized spacial score (nSPS) is 16.7. The van der Waals surface area contributed by atoms with E-state index >= 15 is 0 Å². The van der Waals surface area contributed by atoms with Crippen LogP contribution in [-0.4, -0.2) is 84.6 Å². The van der Waals surface area contributed by atoms with Gasteiger partial charge in [0.05, 0.1) is 19.5 Å². The predicted molar refractivity (Wildman–Crippen MR) is 104 cm³/mol. The van der Waals surface area contributed by atoms with E-state index in [1.54, 1.807) is 0 Å². The minimum absolute atomic E-state index is 0. The molecule has 1 heterocycles. The first-order valence-electron chi connectivity index (χ1n) is 7.78. The molecule has 0 amide bonds. The monoisotopic (exact) mass is 463 g/mol. The molecule has 1 saturated heterocycles. The van der Waals surface area contributed by atoms with Crippen molar-refractivity contribution < 1.29 is 13.2 Å². The minimum atomic E-state index is -3.11. The smallest absolute Gasteiger partial charge is 0.208 e. The molecule has 23 heavy (non-hydrogen) atoms. The van der Waals surface area contributed by atoms with E-state index in [9.17, 15) is 8.42 Å². The van der Waals surface area contributed by atoms with Crippen LogP contribution in [0.3, 0.4) is 0 Å². The highest BCUT2D eigenvalue weighted by atomic mass is 127. The summed E-state index contributed by atoms with van der Waals surface area (Å²) in [6.07, 6.45) is 1.83. The molecule has 0 aliphatic carbocycles. The molecule has 0 unspecified atom stereocenters. The van der Waals surface area contributed by atoms with Crippen LogP contribution in [0.2, 0.25) is 0 Å². The van der Waals surface area contributed by atoms with Crippen LogP contribution in [0.25, 0.3) is 0 Å². The van der Waals surface area contributed by atoms with E-state index < -0.39 is 10.0 Å². The van der Waals surface area contributed by atoms with E-state index in [2.05, 4.69) is 25.2 Å². The van der Waals surface area contributed by atoms with Crippen molar-refractivity contribution in [2.24, 2.45) is 4.99 Å². The zero-order valence-electron chi connectivity index (χ0n) is 14.0. The fraction of sp³-hybridized carbons (Fsp3) is 0.923. The number of hydrogen-bond donors (Lipinski definition) is 3. The first-order chi connectivity index (χ1) is 10.5. The number of morpholine rings is 1. The van der Waals surface area contributed by atoms with E-state index in [1.807, 2.05) is 6.92 Å². The van der Waals surface area contributed by atoms with Crippen molar-refractivity contribution in [2.75, 3.05) is 65.3 Å². The molecule has 0 aromatic rings.